The summed E-state index contributed by atoms with van der Waals surface area (Å²) in [5.74, 6) is -0.187. The highest BCUT2D eigenvalue weighted by atomic mass is 79.9. The fourth-order valence-corrected chi connectivity index (χ4v) is 5.84. The zero-order chi connectivity index (χ0) is 26.6. The van der Waals surface area contributed by atoms with Gasteiger partial charge in [-0.3, -0.25) is 0 Å². The molecule has 3 atom stereocenters. The van der Waals surface area contributed by atoms with Crippen molar-refractivity contribution in [2.24, 2.45) is 5.41 Å². The van der Waals surface area contributed by atoms with E-state index in [1.165, 1.54) is 90.6 Å². The molecule has 0 saturated carbocycles. The van der Waals surface area contributed by atoms with E-state index in [-0.39, 0.29) is 35.1 Å². The third-order valence-electron chi connectivity index (χ3n) is 8.26. The first-order valence-corrected chi connectivity index (χ1v) is 15.7. The zero-order valence-electron chi connectivity index (χ0n) is 24.9. The van der Waals surface area contributed by atoms with E-state index in [0.717, 1.165) is 51.9 Å². The summed E-state index contributed by atoms with van der Waals surface area (Å²) in [5, 5.41) is 0. The molecule has 2 aliphatic heterocycles. The van der Waals surface area contributed by atoms with Gasteiger partial charge < -0.3 is 31.2 Å². The largest absolute Gasteiger partial charge is 1.00 e. The van der Waals surface area contributed by atoms with Crippen LogP contribution in [0.1, 0.15) is 129 Å². The van der Waals surface area contributed by atoms with Crippen LogP contribution in [0.4, 0.5) is 0 Å². The van der Waals surface area contributed by atoms with Gasteiger partial charge >= 0.3 is 5.97 Å². The van der Waals surface area contributed by atoms with Crippen LogP contribution in [0.5, 0.6) is 0 Å². The molecule has 2 heterocycles. The fraction of sp³-hybridized carbons (Fsp3) is 0.875. The van der Waals surface area contributed by atoms with E-state index in [2.05, 4.69) is 30.6 Å². The molecule has 0 amide bonds. The molecule has 0 radical (unpaired) electrons. The third-order valence-corrected chi connectivity index (χ3v) is 8.26. The van der Waals surface area contributed by atoms with Crippen molar-refractivity contribution in [3.8, 4) is 0 Å². The maximum atomic E-state index is 13.0. The lowest BCUT2D eigenvalue weighted by Crippen LogP contribution is -3.00. The Morgan fingerprint density at radius 3 is 1.89 bits per heavy atom. The molecule has 3 unspecified atom stereocenters. The maximum Gasteiger partial charge on any atom is 0.376 e. The lowest BCUT2D eigenvalue weighted by molar-refractivity contribution is -0.571. The minimum absolute atomic E-state index is 0. The molecular weight excluding hydrogens is 542 g/mol. The Labute approximate surface area is 244 Å². The number of rotatable bonds is 23. The van der Waals surface area contributed by atoms with Crippen molar-refractivity contribution in [2.45, 2.75) is 142 Å². The van der Waals surface area contributed by atoms with Gasteiger partial charge in [-0.05, 0) is 25.3 Å². The van der Waals surface area contributed by atoms with Gasteiger partial charge in [0, 0.05) is 19.6 Å². The van der Waals surface area contributed by atoms with Gasteiger partial charge in [-0.15, -0.1) is 0 Å². The topological polar surface area (TPSA) is 47.8 Å². The predicted octanol–water partition coefficient (Wildman–Crippen LogP) is 4.65. The smallest absolute Gasteiger partial charge is 0.376 e. The van der Waals surface area contributed by atoms with Crippen molar-refractivity contribution in [3.05, 3.63) is 12.2 Å². The molecule has 0 N–H and O–H groups in total. The molecule has 2 aliphatic rings. The lowest BCUT2D eigenvalue weighted by atomic mass is 9.71. The Morgan fingerprint density at radius 1 is 0.868 bits per heavy atom. The molecule has 0 aromatic carbocycles. The molecule has 6 heteroatoms. The number of hydrogen-bond donors (Lipinski definition) is 0. The highest BCUT2D eigenvalue weighted by Crippen LogP contribution is 2.41. The number of unbranched alkanes of at least 4 members (excludes halogenated alkanes) is 15. The second kappa shape index (κ2) is 22.0. The van der Waals surface area contributed by atoms with Gasteiger partial charge in [0.25, 0.3) is 6.04 Å². The molecule has 0 aliphatic carbocycles. The summed E-state index contributed by atoms with van der Waals surface area (Å²) in [6.07, 6.45) is 29.6. The van der Waals surface area contributed by atoms with Gasteiger partial charge in [0.2, 0.25) is 0 Å². The summed E-state index contributed by atoms with van der Waals surface area (Å²) in [4.78, 5) is 13.0. The average Bonchev–Trinajstić information content (AvgIpc) is 2.87. The molecular formula is C32H58BrNO4. The summed E-state index contributed by atoms with van der Waals surface area (Å²) >= 11 is 0. The third kappa shape index (κ3) is 12.2. The molecule has 0 bridgehead atoms. The van der Waals surface area contributed by atoms with Gasteiger partial charge in [-0.1, -0.05) is 110 Å². The van der Waals surface area contributed by atoms with E-state index < -0.39 is 5.41 Å². The molecule has 1 fully saturated rings. The standard InChI is InChI=1S/C32H58NO4.BrH/c1-4-6-8-9-10-11-12-13-14-15-16-17-18-20-26-36-28-32(29-22-27-37-29)23-21-25-33(24-19-7-5-2)30(32)31(34)35-3;/h21,23,25,29-30H,4-20,22,24,26-28H2,1-3H3;1H/q+1;/p-1. The number of hydrogen-bond acceptors (Lipinski definition) is 4. The van der Waals surface area contributed by atoms with E-state index in [4.69, 9.17) is 14.2 Å². The van der Waals surface area contributed by atoms with Crippen molar-refractivity contribution in [3.63, 3.8) is 0 Å². The number of nitrogens with zero attached hydrogens (tertiary/aromatic N) is 1. The van der Waals surface area contributed by atoms with E-state index in [0.29, 0.717) is 6.61 Å². The van der Waals surface area contributed by atoms with Crippen LogP contribution in [0, 0.1) is 5.41 Å². The van der Waals surface area contributed by atoms with Crippen molar-refractivity contribution in [2.75, 3.05) is 33.5 Å². The normalized spacial score (nSPS) is 22.4. The Hall–Kier alpha value is -0.720. The van der Waals surface area contributed by atoms with Crippen LogP contribution in [-0.2, 0) is 19.0 Å². The molecule has 0 aromatic heterocycles. The molecule has 0 aromatic rings. The van der Waals surface area contributed by atoms with E-state index in [1.54, 1.807) is 0 Å². The van der Waals surface area contributed by atoms with Gasteiger partial charge in [-0.2, -0.15) is 0 Å². The van der Waals surface area contributed by atoms with Gasteiger partial charge in [0.1, 0.15) is 12.0 Å². The Balaban J connectivity index is 0.00000722. The summed E-state index contributed by atoms with van der Waals surface area (Å²) < 4.78 is 19.7. The molecule has 38 heavy (non-hydrogen) atoms. The van der Waals surface area contributed by atoms with Crippen LogP contribution in [0.15, 0.2) is 12.2 Å². The Bertz CT molecular complexity index is 664. The highest BCUT2D eigenvalue weighted by molar-refractivity contribution is 5.79. The van der Waals surface area contributed by atoms with Crippen molar-refractivity contribution < 1.29 is 40.6 Å². The number of methoxy groups -OCH3 is 1. The van der Waals surface area contributed by atoms with E-state index in [9.17, 15) is 4.79 Å². The number of esters is 1. The number of allylic oxidation sites excluding steroid dienone is 1. The number of carbonyl (C=O) groups excluding carboxylic acids is 1. The van der Waals surface area contributed by atoms with Crippen molar-refractivity contribution in [1.29, 1.82) is 0 Å². The summed E-state index contributed by atoms with van der Waals surface area (Å²) in [7, 11) is 1.49. The Morgan fingerprint density at radius 2 is 1.39 bits per heavy atom. The molecule has 1 saturated heterocycles. The minimum Gasteiger partial charge on any atom is -1.00 e. The highest BCUT2D eigenvalue weighted by Gasteiger charge is 2.58. The summed E-state index contributed by atoms with van der Waals surface area (Å²) in [6.45, 7) is 7.34. The lowest BCUT2D eigenvalue weighted by Gasteiger charge is -2.45. The average molecular weight is 601 g/mol. The molecule has 5 nitrogen and oxygen atoms in total. The first-order valence-electron chi connectivity index (χ1n) is 15.7. The van der Waals surface area contributed by atoms with Crippen LogP contribution < -0.4 is 17.0 Å². The fourth-order valence-electron chi connectivity index (χ4n) is 5.84. The first kappa shape index (κ1) is 35.3. The quantitative estimate of drug-likeness (QED) is 0.0974. The first-order chi connectivity index (χ1) is 18.2. The molecule has 0 spiro atoms. The van der Waals surface area contributed by atoms with Gasteiger partial charge in [-0.25, -0.2) is 9.37 Å². The maximum absolute atomic E-state index is 13.0. The Kier molecular flexibility index (Phi) is 20.5. The van der Waals surface area contributed by atoms with E-state index in [1.807, 2.05) is 6.21 Å². The van der Waals surface area contributed by atoms with Crippen molar-refractivity contribution in [1.82, 2.24) is 0 Å². The number of carbonyl (C=O) groups is 1. The monoisotopic (exact) mass is 599 g/mol. The number of ether oxygens (including phenoxy) is 3. The molecule has 222 valence electrons. The predicted molar refractivity (Wildman–Crippen MR) is 154 cm³/mol. The van der Waals surface area contributed by atoms with Crippen LogP contribution in [0.25, 0.3) is 0 Å². The van der Waals surface area contributed by atoms with Crippen LogP contribution in [-0.4, -0.2) is 62.4 Å². The summed E-state index contributed by atoms with van der Waals surface area (Å²) in [6, 6.07) is -0.388. The van der Waals surface area contributed by atoms with Gasteiger partial charge in [0.05, 0.1) is 19.8 Å². The van der Waals surface area contributed by atoms with Crippen LogP contribution in [0.3, 0.4) is 0 Å². The van der Waals surface area contributed by atoms with Crippen LogP contribution in [0.2, 0.25) is 0 Å². The number of halogens is 1. The zero-order valence-corrected chi connectivity index (χ0v) is 26.5. The second-order valence-electron chi connectivity index (χ2n) is 11.3. The molecule has 2 rings (SSSR count). The minimum atomic E-state index is -0.484. The second-order valence-corrected chi connectivity index (χ2v) is 11.3. The van der Waals surface area contributed by atoms with E-state index >= 15 is 0 Å². The SMILES string of the molecule is CCCCCCCCCCCCCCCCOCC1(C2CCO2)C=CC=[N+](CCCCC)C1C(=O)OC.[Br-]. The van der Waals surface area contributed by atoms with Crippen molar-refractivity contribution >= 4 is 12.2 Å². The summed E-state index contributed by atoms with van der Waals surface area (Å²) in [5.41, 5.74) is -0.484. The van der Waals surface area contributed by atoms with Crippen LogP contribution >= 0.6 is 0 Å². The van der Waals surface area contributed by atoms with Gasteiger partial charge in [0.15, 0.2) is 6.21 Å².